The molecule has 0 unspecified atom stereocenters. The van der Waals surface area contributed by atoms with E-state index in [0.29, 0.717) is 6.42 Å². The number of carbonyl (C=O) groups is 1. The van der Waals surface area contributed by atoms with E-state index in [9.17, 15) is 15.0 Å². The topological polar surface area (TPSA) is 69.6 Å². The maximum atomic E-state index is 11.2. The van der Waals surface area contributed by atoms with E-state index >= 15 is 0 Å². The highest BCUT2D eigenvalue weighted by atomic mass is 16.3. The highest BCUT2D eigenvalue weighted by molar-refractivity contribution is 5.73. The lowest BCUT2D eigenvalue weighted by molar-refractivity contribution is -0.122. The molecule has 3 N–H and O–H groups in total. The molecule has 0 fully saturated rings. The van der Waals surface area contributed by atoms with Crippen LogP contribution in [0.4, 0.5) is 0 Å². The van der Waals surface area contributed by atoms with Crippen molar-refractivity contribution >= 4 is 5.91 Å². The third kappa shape index (κ3) is 12.5. The molecule has 0 spiro atoms. The summed E-state index contributed by atoms with van der Waals surface area (Å²) in [7, 11) is 0. The van der Waals surface area contributed by atoms with Gasteiger partial charge in [0.05, 0.1) is 18.8 Å². The molecule has 0 aromatic carbocycles. The van der Waals surface area contributed by atoms with E-state index in [-0.39, 0.29) is 19.1 Å². The number of unbranched alkanes of at least 4 members (excludes halogenated alkanes) is 11. The summed E-state index contributed by atoms with van der Waals surface area (Å²) in [5.41, 5.74) is -0.843. The summed E-state index contributed by atoms with van der Waals surface area (Å²) in [6.45, 7) is 3.26. The van der Waals surface area contributed by atoms with Crippen LogP contribution >= 0.6 is 0 Å². The van der Waals surface area contributed by atoms with Crippen LogP contribution in [0.5, 0.6) is 0 Å². The van der Waals surface area contributed by atoms with Gasteiger partial charge in [-0.2, -0.15) is 0 Å². The van der Waals surface area contributed by atoms with Crippen LogP contribution in [0.25, 0.3) is 0 Å². The van der Waals surface area contributed by atoms with E-state index in [2.05, 4.69) is 12.2 Å². The molecule has 0 saturated heterocycles. The van der Waals surface area contributed by atoms with Crippen molar-refractivity contribution in [2.75, 3.05) is 13.2 Å². The largest absolute Gasteiger partial charge is 0.394 e. The Morgan fingerprint density at radius 3 is 1.52 bits per heavy atom. The highest BCUT2D eigenvalue weighted by Crippen LogP contribution is 2.17. The van der Waals surface area contributed by atoms with Crippen molar-refractivity contribution < 1.29 is 15.0 Å². The van der Waals surface area contributed by atoms with Crippen molar-refractivity contribution in [1.82, 2.24) is 5.32 Å². The van der Waals surface area contributed by atoms with Crippen LogP contribution in [0.2, 0.25) is 0 Å². The summed E-state index contributed by atoms with van der Waals surface area (Å²) in [4.78, 5) is 11.2. The van der Waals surface area contributed by atoms with Crippen molar-refractivity contribution in [2.24, 2.45) is 0 Å². The summed E-state index contributed by atoms with van der Waals surface area (Å²) in [5.74, 6) is -0.202. The summed E-state index contributed by atoms with van der Waals surface area (Å²) < 4.78 is 0. The Morgan fingerprint density at radius 2 is 1.17 bits per heavy atom. The zero-order chi connectivity index (χ0) is 17.4. The Balaban J connectivity index is 3.51. The second-order valence-corrected chi connectivity index (χ2v) is 6.92. The van der Waals surface area contributed by atoms with Crippen molar-refractivity contribution in [3.63, 3.8) is 0 Å². The van der Waals surface area contributed by atoms with Gasteiger partial charge in [-0.3, -0.25) is 4.79 Å². The Bertz CT molecular complexity index is 278. The van der Waals surface area contributed by atoms with Gasteiger partial charge in [0.25, 0.3) is 0 Å². The molecular formula is C19H39NO3. The van der Waals surface area contributed by atoms with Crippen molar-refractivity contribution in [3.05, 3.63) is 0 Å². The lowest BCUT2D eigenvalue weighted by atomic mass is 9.93. The first kappa shape index (κ1) is 22.4. The Hall–Kier alpha value is -0.610. The molecule has 4 nitrogen and oxygen atoms in total. The van der Waals surface area contributed by atoms with Crippen LogP contribution in [0.3, 0.4) is 0 Å². The summed E-state index contributed by atoms with van der Waals surface area (Å²) >= 11 is 0. The second-order valence-electron chi connectivity index (χ2n) is 6.92. The van der Waals surface area contributed by atoms with Gasteiger partial charge in [-0.15, -0.1) is 0 Å². The number of rotatable bonds is 16. The lowest BCUT2D eigenvalue weighted by Crippen LogP contribution is -2.53. The summed E-state index contributed by atoms with van der Waals surface area (Å²) in [6.07, 6.45) is 16.0. The van der Waals surface area contributed by atoms with E-state index in [0.717, 1.165) is 12.8 Å². The van der Waals surface area contributed by atoms with Gasteiger partial charge in [0, 0.05) is 6.92 Å². The normalized spacial score (nSPS) is 11.7. The number of aliphatic hydroxyl groups is 2. The predicted octanol–water partition coefficient (Wildman–Crippen LogP) is 3.94. The lowest BCUT2D eigenvalue weighted by Gasteiger charge is -2.30. The molecule has 0 heterocycles. The van der Waals surface area contributed by atoms with Crippen LogP contribution in [-0.2, 0) is 4.79 Å². The van der Waals surface area contributed by atoms with E-state index in [1.165, 1.54) is 71.1 Å². The van der Waals surface area contributed by atoms with Gasteiger partial charge in [0.2, 0.25) is 5.91 Å². The average molecular weight is 330 g/mol. The van der Waals surface area contributed by atoms with Crippen molar-refractivity contribution in [2.45, 2.75) is 103 Å². The van der Waals surface area contributed by atoms with Crippen LogP contribution in [0.1, 0.15) is 97.3 Å². The number of amides is 1. The smallest absolute Gasteiger partial charge is 0.217 e. The SMILES string of the molecule is CCCCCCCCCCCCCCC(CO)(CO)NC(C)=O. The van der Waals surface area contributed by atoms with Gasteiger partial charge in [-0.05, 0) is 6.42 Å². The van der Waals surface area contributed by atoms with E-state index in [1.54, 1.807) is 0 Å². The molecule has 1 amide bonds. The molecule has 0 aliphatic carbocycles. The van der Waals surface area contributed by atoms with E-state index < -0.39 is 5.54 Å². The Labute approximate surface area is 143 Å². The minimum absolute atomic E-state index is 0.202. The van der Waals surface area contributed by atoms with Gasteiger partial charge < -0.3 is 15.5 Å². The number of hydrogen-bond donors (Lipinski definition) is 3. The molecule has 0 bridgehead atoms. The van der Waals surface area contributed by atoms with E-state index in [1.807, 2.05) is 0 Å². The van der Waals surface area contributed by atoms with Crippen molar-refractivity contribution in [1.29, 1.82) is 0 Å². The second kappa shape index (κ2) is 14.9. The minimum atomic E-state index is -0.843. The third-order valence-corrected chi connectivity index (χ3v) is 4.56. The number of aliphatic hydroxyl groups excluding tert-OH is 2. The van der Waals surface area contributed by atoms with Crippen molar-refractivity contribution in [3.8, 4) is 0 Å². The third-order valence-electron chi connectivity index (χ3n) is 4.56. The average Bonchev–Trinajstić information content (AvgIpc) is 2.54. The fraction of sp³-hybridized carbons (Fsp3) is 0.947. The molecule has 0 aromatic rings. The Kier molecular flexibility index (Phi) is 14.6. The van der Waals surface area contributed by atoms with Crippen LogP contribution in [-0.4, -0.2) is 34.9 Å². The monoisotopic (exact) mass is 329 g/mol. The van der Waals surface area contributed by atoms with Crippen LogP contribution in [0.15, 0.2) is 0 Å². The fourth-order valence-electron chi connectivity index (χ4n) is 3.03. The van der Waals surface area contributed by atoms with Gasteiger partial charge in [-0.1, -0.05) is 84.0 Å². The van der Waals surface area contributed by atoms with E-state index in [4.69, 9.17) is 0 Å². The maximum Gasteiger partial charge on any atom is 0.217 e. The predicted molar refractivity (Wildman–Crippen MR) is 96.4 cm³/mol. The van der Waals surface area contributed by atoms with Gasteiger partial charge in [0.15, 0.2) is 0 Å². The number of hydrogen-bond acceptors (Lipinski definition) is 3. The standard InChI is InChI=1S/C19H39NO3/c1-3-4-5-6-7-8-9-10-11-12-13-14-15-19(16-21,17-22)20-18(2)23/h21-22H,3-17H2,1-2H3,(H,20,23). The van der Waals surface area contributed by atoms with Crippen LogP contribution < -0.4 is 5.32 Å². The first-order chi connectivity index (χ1) is 11.1. The quantitative estimate of drug-likeness (QED) is 0.376. The number of carbonyl (C=O) groups excluding carboxylic acids is 1. The molecule has 0 aromatic heterocycles. The molecular weight excluding hydrogens is 290 g/mol. The summed E-state index contributed by atoms with van der Waals surface area (Å²) in [5, 5.41) is 21.5. The molecule has 0 saturated carbocycles. The summed E-state index contributed by atoms with van der Waals surface area (Å²) in [6, 6.07) is 0. The minimum Gasteiger partial charge on any atom is -0.394 e. The molecule has 0 aliphatic heterocycles. The molecule has 138 valence electrons. The Morgan fingerprint density at radius 1 is 0.783 bits per heavy atom. The van der Waals surface area contributed by atoms with Crippen LogP contribution in [0, 0.1) is 0 Å². The molecule has 0 rings (SSSR count). The highest BCUT2D eigenvalue weighted by Gasteiger charge is 2.28. The molecule has 4 heteroatoms. The molecule has 0 aliphatic rings. The zero-order valence-electron chi connectivity index (χ0n) is 15.4. The molecule has 0 atom stereocenters. The van der Waals surface area contributed by atoms with Gasteiger partial charge >= 0.3 is 0 Å². The molecule has 23 heavy (non-hydrogen) atoms. The molecule has 0 radical (unpaired) electrons. The number of nitrogens with one attached hydrogen (secondary N) is 1. The maximum absolute atomic E-state index is 11.2. The first-order valence-corrected chi connectivity index (χ1v) is 9.60. The van der Waals surface area contributed by atoms with Gasteiger partial charge in [0.1, 0.15) is 0 Å². The van der Waals surface area contributed by atoms with Gasteiger partial charge in [-0.25, -0.2) is 0 Å². The fourth-order valence-corrected chi connectivity index (χ4v) is 3.03. The first-order valence-electron chi connectivity index (χ1n) is 9.60. The zero-order valence-corrected chi connectivity index (χ0v) is 15.4.